The van der Waals surface area contributed by atoms with Crippen molar-refractivity contribution in [1.29, 1.82) is 0 Å². The van der Waals surface area contributed by atoms with Crippen LogP contribution in [0.2, 0.25) is 0 Å². The van der Waals surface area contributed by atoms with Gasteiger partial charge in [0.05, 0.1) is 13.0 Å². The summed E-state index contributed by atoms with van der Waals surface area (Å²) in [5.74, 6) is 1.10. The Bertz CT molecular complexity index is 396. The molecular weight excluding hydrogens is 232 g/mol. The zero-order valence-electron chi connectivity index (χ0n) is 11.1. The summed E-state index contributed by atoms with van der Waals surface area (Å²) in [6.45, 7) is 7.36. The smallest absolute Gasteiger partial charge is 0.307 e. The molecule has 0 saturated carbocycles. The molecule has 0 aliphatic rings. The van der Waals surface area contributed by atoms with Crippen LogP contribution >= 0.6 is 0 Å². The molecule has 0 atom stereocenters. The number of carbonyl (C=O) groups is 1. The lowest BCUT2D eigenvalue weighted by molar-refractivity contribution is -0.142. The SMILES string of the molecule is CCNc1nc(C)cc(NCCC(=O)OCC)n1. The molecule has 100 valence electrons. The number of nitrogens with one attached hydrogen (secondary N) is 2. The summed E-state index contributed by atoms with van der Waals surface area (Å²) in [6.07, 6.45) is 0.327. The number of nitrogens with zero attached hydrogens (tertiary/aromatic N) is 2. The van der Waals surface area contributed by atoms with Crippen molar-refractivity contribution in [1.82, 2.24) is 9.97 Å². The van der Waals surface area contributed by atoms with Crippen LogP contribution in [-0.2, 0) is 9.53 Å². The average molecular weight is 252 g/mol. The van der Waals surface area contributed by atoms with Crippen LogP contribution in [0.3, 0.4) is 0 Å². The fourth-order valence-electron chi connectivity index (χ4n) is 1.42. The van der Waals surface area contributed by atoms with Crippen LogP contribution in [0.1, 0.15) is 26.0 Å². The van der Waals surface area contributed by atoms with Gasteiger partial charge in [-0.25, -0.2) is 4.98 Å². The van der Waals surface area contributed by atoms with E-state index in [2.05, 4.69) is 20.6 Å². The van der Waals surface area contributed by atoms with Gasteiger partial charge in [-0.05, 0) is 20.8 Å². The largest absolute Gasteiger partial charge is 0.466 e. The van der Waals surface area contributed by atoms with Crippen LogP contribution in [0.4, 0.5) is 11.8 Å². The van der Waals surface area contributed by atoms with E-state index in [4.69, 9.17) is 4.74 Å². The normalized spacial score (nSPS) is 9.94. The van der Waals surface area contributed by atoms with E-state index in [9.17, 15) is 4.79 Å². The molecule has 0 saturated heterocycles. The van der Waals surface area contributed by atoms with Gasteiger partial charge in [-0.1, -0.05) is 0 Å². The predicted molar refractivity (Wildman–Crippen MR) is 70.7 cm³/mol. The van der Waals surface area contributed by atoms with Crippen LogP contribution in [0.5, 0.6) is 0 Å². The minimum absolute atomic E-state index is 0.206. The molecule has 1 aromatic rings. The van der Waals surface area contributed by atoms with Gasteiger partial charge in [0.15, 0.2) is 0 Å². The van der Waals surface area contributed by atoms with Crippen LogP contribution in [0, 0.1) is 6.92 Å². The van der Waals surface area contributed by atoms with E-state index in [-0.39, 0.29) is 5.97 Å². The van der Waals surface area contributed by atoms with E-state index in [0.717, 1.165) is 12.2 Å². The number of esters is 1. The van der Waals surface area contributed by atoms with Crippen LogP contribution in [-0.4, -0.2) is 35.6 Å². The lowest BCUT2D eigenvalue weighted by atomic mass is 10.4. The van der Waals surface area contributed by atoms with E-state index in [1.807, 2.05) is 19.9 Å². The lowest BCUT2D eigenvalue weighted by Crippen LogP contribution is -2.13. The second-order valence-corrected chi connectivity index (χ2v) is 3.73. The third kappa shape index (κ3) is 4.99. The zero-order chi connectivity index (χ0) is 13.4. The molecule has 0 spiro atoms. The van der Waals surface area contributed by atoms with Gasteiger partial charge in [0.2, 0.25) is 5.95 Å². The Labute approximate surface area is 107 Å². The van der Waals surface area contributed by atoms with E-state index in [1.54, 1.807) is 6.92 Å². The summed E-state index contributed by atoms with van der Waals surface area (Å²) in [7, 11) is 0. The van der Waals surface area contributed by atoms with Crippen LogP contribution in [0.15, 0.2) is 6.07 Å². The molecule has 0 aliphatic heterocycles. The van der Waals surface area contributed by atoms with Crippen molar-refractivity contribution in [2.75, 3.05) is 30.3 Å². The maximum absolute atomic E-state index is 11.2. The Morgan fingerprint density at radius 3 is 2.78 bits per heavy atom. The molecule has 0 fully saturated rings. The molecule has 1 rings (SSSR count). The van der Waals surface area contributed by atoms with E-state index < -0.39 is 0 Å². The second-order valence-electron chi connectivity index (χ2n) is 3.73. The fraction of sp³-hybridized carbons (Fsp3) is 0.583. The number of carbonyl (C=O) groups excluding carboxylic acids is 1. The number of aromatic nitrogens is 2. The average Bonchev–Trinajstić information content (AvgIpc) is 2.29. The molecule has 6 heteroatoms. The summed E-state index contributed by atoms with van der Waals surface area (Å²) < 4.78 is 4.84. The minimum Gasteiger partial charge on any atom is -0.466 e. The van der Waals surface area contributed by atoms with Crippen molar-refractivity contribution < 1.29 is 9.53 Å². The monoisotopic (exact) mass is 252 g/mol. The minimum atomic E-state index is -0.206. The van der Waals surface area contributed by atoms with E-state index in [0.29, 0.717) is 31.3 Å². The first-order valence-electron chi connectivity index (χ1n) is 6.14. The quantitative estimate of drug-likeness (QED) is 0.718. The van der Waals surface area contributed by atoms with Crippen molar-refractivity contribution in [3.8, 4) is 0 Å². The summed E-state index contributed by atoms with van der Waals surface area (Å²) in [6, 6.07) is 1.84. The Hall–Kier alpha value is -1.85. The number of hydrogen-bond acceptors (Lipinski definition) is 6. The molecular formula is C12H20N4O2. The van der Waals surface area contributed by atoms with Crippen molar-refractivity contribution >= 4 is 17.7 Å². The highest BCUT2D eigenvalue weighted by Crippen LogP contribution is 2.09. The first kappa shape index (κ1) is 14.2. The molecule has 1 aromatic heterocycles. The molecule has 2 N–H and O–H groups in total. The Morgan fingerprint density at radius 1 is 1.33 bits per heavy atom. The third-order valence-corrected chi connectivity index (χ3v) is 2.13. The number of aryl methyl sites for hydroxylation is 1. The first-order chi connectivity index (χ1) is 8.65. The summed E-state index contributed by atoms with van der Waals surface area (Å²) in [5.41, 5.74) is 0.875. The topological polar surface area (TPSA) is 76.1 Å². The van der Waals surface area contributed by atoms with Crippen molar-refractivity contribution in [2.24, 2.45) is 0 Å². The van der Waals surface area contributed by atoms with Gasteiger partial charge in [0.1, 0.15) is 5.82 Å². The Kier molecular flexibility index (Phi) is 5.90. The fourth-order valence-corrected chi connectivity index (χ4v) is 1.42. The maximum atomic E-state index is 11.2. The van der Waals surface area contributed by atoms with Crippen LogP contribution in [0.25, 0.3) is 0 Å². The zero-order valence-corrected chi connectivity index (χ0v) is 11.1. The van der Waals surface area contributed by atoms with Crippen molar-refractivity contribution in [3.63, 3.8) is 0 Å². The molecule has 1 heterocycles. The van der Waals surface area contributed by atoms with Gasteiger partial charge in [0.25, 0.3) is 0 Å². The Morgan fingerprint density at radius 2 is 2.11 bits per heavy atom. The van der Waals surface area contributed by atoms with Gasteiger partial charge in [-0.2, -0.15) is 4.98 Å². The van der Waals surface area contributed by atoms with Crippen molar-refractivity contribution in [3.05, 3.63) is 11.8 Å². The molecule has 0 aliphatic carbocycles. The molecule has 18 heavy (non-hydrogen) atoms. The Balaban J connectivity index is 2.48. The maximum Gasteiger partial charge on any atom is 0.307 e. The van der Waals surface area contributed by atoms with Gasteiger partial charge in [-0.3, -0.25) is 4.79 Å². The highest BCUT2D eigenvalue weighted by molar-refractivity contribution is 5.70. The van der Waals surface area contributed by atoms with E-state index >= 15 is 0 Å². The first-order valence-corrected chi connectivity index (χ1v) is 6.14. The summed E-state index contributed by atoms with van der Waals surface area (Å²) in [5, 5.41) is 6.14. The lowest BCUT2D eigenvalue weighted by Gasteiger charge is -2.08. The standard InChI is InChI=1S/C12H20N4O2/c1-4-13-12-15-9(3)8-10(16-12)14-7-6-11(17)18-5-2/h8H,4-7H2,1-3H3,(H2,13,14,15,16). The molecule has 0 bridgehead atoms. The van der Waals surface area contributed by atoms with Gasteiger partial charge < -0.3 is 15.4 Å². The highest BCUT2D eigenvalue weighted by atomic mass is 16.5. The summed E-state index contributed by atoms with van der Waals surface area (Å²) >= 11 is 0. The van der Waals surface area contributed by atoms with Gasteiger partial charge in [-0.15, -0.1) is 0 Å². The predicted octanol–water partition coefficient (Wildman–Crippen LogP) is 1.58. The number of hydrogen-bond donors (Lipinski definition) is 2. The van der Waals surface area contributed by atoms with Crippen molar-refractivity contribution in [2.45, 2.75) is 27.2 Å². The second kappa shape index (κ2) is 7.47. The third-order valence-electron chi connectivity index (χ3n) is 2.13. The van der Waals surface area contributed by atoms with Gasteiger partial charge >= 0.3 is 5.97 Å². The molecule has 0 radical (unpaired) electrons. The highest BCUT2D eigenvalue weighted by Gasteiger charge is 2.03. The number of anilines is 2. The molecule has 0 aromatic carbocycles. The summed E-state index contributed by atoms with van der Waals surface area (Å²) in [4.78, 5) is 19.7. The molecule has 0 amide bonds. The molecule has 6 nitrogen and oxygen atoms in total. The number of ether oxygens (including phenoxy) is 1. The number of rotatable bonds is 7. The van der Waals surface area contributed by atoms with Crippen LogP contribution < -0.4 is 10.6 Å². The van der Waals surface area contributed by atoms with E-state index in [1.165, 1.54) is 0 Å². The molecule has 0 unspecified atom stereocenters. The van der Waals surface area contributed by atoms with Gasteiger partial charge in [0, 0.05) is 24.8 Å².